The Morgan fingerprint density at radius 1 is 1.00 bits per heavy atom. The largest absolute Gasteiger partial charge is 0.334 e. The van der Waals surface area contributed by atoms with Gasteiger partial charge in [0.1, 0.15) is 4.90 Å². The standard InChI is InChI=1S/C24H23ClN2O3S/c1-16-7-10-22(17(2)13-16)26-31(29,30)23-14-19(8-9-21(23)25)24(28)27-12-11-18-5-3-4-6-20(18)15-27/h3-10,13-14,26H,11-12,15H2,1-2H3. The lowest BCUT2D eigenvalue weighted by molar-refractivity contribution is 0.0734. The van der Waals surface area contributed by atoms with Crippen molar-refractivity contribution >= 4 is 33.2 Å². The van der Waals surface area contributed by atoms with Gasteiger partial charge in [0.25, 0.3) is 15.9 Å². The van der Waals surface area contributed by atoms with E-state index in [1.807, 2.05) is 44.2 Å². The first-order valence-electron chi connectivity index (χ1n) is 10.0. The quantitative estimate of drug-likeness (QED) is 0.606. The van der Waals surface area contributed by atoms with Crippen LogP contribution in [0.5, 0.6) is 0 Å². The number of anilines is 1. The highest BCUT2D eigenvalue weighted by molar-refractivity contribution is 7.92. The maximum Gasteiger partial charge on any atom is 0.263 e. The van der Waals surface area contributed by atoms with Crippen molar-refractivity contribution in [3.05, 3.63) is 93.5 Å². The van der Waals surface area contributed by atoms with E-state index < -0.39 is 10.0 Å². The molecule has 0 saturated carbocycles. The van der Waals surface area contributed by atoms with E-state index in [9.17, 15) is 13.2 Å². The molecule has 0 saturated heterocycles. The van der Waals surface area contributed by atoms with Crippen LogP contribution in [0.4, 0.5) is 5.69 Å². The maximum absolute atomic E-state index is 13.1. The number of benzene rings is 3. The van der Waals surface area contributed by atoms with Crippen LogP contribution in [0.25, 0.3) is 0 Å². The lowest BCUT2D eigenvalue weighted by Gasteiger charge is -2.29. The van der Waals surface area contributed by atoms with E-state index in [4.69, 9.17) is 11.6 Å². The van der Waals surface area contributed by atoms with E-state index in [-0.39, 0.29) is 15.8 Å². The molecular formula is C24H23ClN2O3S. The van der Waals surface area contributed by atoms with Crippen molar-refractivity contribution in [1.29, 1.82) is 0 Å². The number of hydrogen-bond donors (Lipinski definition) is 1. The van der Waals surface area contributed by atoms with Crippen molar-refractivity contribution < 1.29 is 13.2 Å². The van der Waals surface area contributed by atoms with Gasteiger partial charge in [0.15, 0.2) is 0 Å². The maximum atomic E-state index is 13.1. The Bertz CT molecular complexity index is 1270. The second-order valence-electron chi connectivity index (χ2n) is 7.81. The van der Waals surface area contributed by atoms with E-state index in [0.717, 1.165) is 23.1 Å². The van der Waals surface area contributed by atoms with Gasteiger partial charge < -0.3 is 4.90 Å². The van der Waals surface area contributed by atoms with Crippen LogP contribution < -0.4 is 4.72 Å². The molecular weight excluding hydrogens is 432 g/mol. The van der Waals surface area contributed by atoms with Gasteiger partial charge in [-0.05, 0) is 61.2 Å². The van der Waals surface area contributed by atoms with Crippen LogP contribution in [0.1, 0.15) is 32.6 Å². The number of carbonyl (C=O) groups is 1. The predicted octanol–water partition coefficient (Wildman–Crippen LogP) is 4.96. The molecule has 31 heavy (non-hydrogen) atoms. The third-order valence-electron chi connectivity index (χ3n) is 5.51. The predicted molar refractivity (Wildman–Crippen MR) is 123 cm³/mol. The van der Waals surface area contributed by atoms with Crippen molar-refractivity contribution in [2.24, 2.45) is 0 Å². The summed E-state index contributed by atoms with van der Waals surface area (Å²) in [6, 6.07) is 17.9. The molecule has 1 aliphatic heterocycles. The van der Waals surface area contributed by atoms with Crippen molar-refractivity contribution in [2.45, 2.75) is 31.7 Å². The summed E-state index contributed by atoms with van der Waals surface area (Å²) >= 11 is 6.23. The van der Waals surface area contributed by atoms with Crippen molar-refractivity contribution in [1.82, 2.24) is 4.90 Å². The minimum Gasteiger partial charge on any atom is -0.334 e. The lowest BCUT2D eigenvalue weighted by atomic mass is 9.99. The number of sulfonamides is 1. The summed E-state index contributed by atoms with van der Waals surface area (Å²) in [6.07, 6.45) is 0.773. The molecule has 4 rings (SSSR count). The number of carbonyl (C=O) groups excluding carboxylic acids is 1. The molecule has 3 aromatic rings. The van der Waals surface area contributed by atoms with Crippen molar-refractivity contribution in [2.75, 3.05) is 11.3 Å². The molecule has 3 aromatic carbocycles. The monoisotopic (exact) mass is 454 g/mol. The highest BCUT2D eigenvalue weighted by atomic mass is 35.5. The normalized spacial score (nSPS) is 13.6. The molecule has 0 bridgehead atoms. The van der Waals surface area contributed by atoms with Crippen LogP contribution in [-0.4, -0.2) is 25.8 Å². The highest BCUT2D eigenvalue weighted by Crippen LogP contribution is 2.28. The van der Waals surface area contributed by atoms with E-state index in [1.54, 1.807) is 17.0 Å². The Morgan fingerprint density at radius 2 is 1.74 bits per heavy atom. The average Bonchev–Trinajstić information content (AvgIpc) is 2.75. The lowest BCUT2D eigenvalue weighted by Crippen LogP contribution is -2.36. The third kappa shape index (κ3) is 4.45. The van der Waals surface area contributed by atoms with Crippen molar-refractivity contribution in [3.63, 3.8) is 0 Å². The number of nitrogens with zero attached hydrogens (tertiary/aromatic N) is 1. The van der Waals surface area contributed by atoms with E-state index >= 15 is 0 Å². The minimum absolute atomic E-state index is 0.0674. The Morgan fingerprint density at radius 3 is 2.48 bits per heavy atom. The Hall–Kier alpha value is -2.83. The zero-order valence-electron chi connectivity index (χ0n) is 17.4. The first-order valence-corrected chi connectivity index (χ1v) is 11.9. The summed E-state index contributed by atoms with van der Waals surface area (Å²) < 4.78 is 28.7. The number of hydrogen-bond acceptors (Lipinski definition) is 3. The fourth-order valence-electron chi connectivity index (χ4n) is 3.82. The number of fused-ring (bicyclic) bond motifs is 1. The van der Waals surface area contributed by atoms with Crippen LogP contribution >= 0.6 is 11.6 Å². The van der Waals surface area contributed by atoms with E-state index in [0.29, 0.717) is 24.3 Å². The van der Waals surface area contributed by atoms with Gasteiger partial charge in [-0.3, -0.25) is 9.52 Å². The second-order valence-corrected chi connectivity index (χ2v) is 9.87. The molecule has 0 atom stereocenters. The molecule has 1 amide bonds. The molecule has 0 radical (unpaired) electrons. The van der Waals surface area contributed by atoms with Gasteiger partial charge in [0.05, 0.1) is 10.7 Å². The van der Waals surface area contributed by atoms with Gasteiger partial charge >= 0.3 is 0 Å². The molecule has 7 heteroatoms. The second kappa shape index (κ2) is 8.36. The molecule has 160 valence electrons. The molecule has 0 aliphatic carbocycles. The van der Waals surface area contributed by atoms with Gasteiger partial charge in [-0.25, -0.2) is 8.42 Å². The minimum atomic E-state index is -3.97. The third-order valence-corrected chi connectivity index (χ3v) is 7.36. The Labute approximate surface area is 187 Å². The van der Waals surface area contributed by atoms with Gasteiger partial charge in [0.2, 0.25) is 0 Å². The first kappa shape index (κ1) is 21.4. The number of aryl methyl sites for hydroxylation is 2. The topological polar surface area (TPSA) is 66.5 Å². The summed E-state index contributed by atoms with van der Waals surface area (Å²) in [4.78, 5) is 14.7. The molecule has 0 fully saturated rings. The first-order chi connectivity index (χ1) is 14.7. The average molecular weight is 455 g/mol. The molecule has 5 nitrogen and oxygen atoms in total. The summed E-state index contributed by atoms with van der Waals surface area (Å²) in [5.41, 5.74) is 4.97. The van der Waals surface area contributed by atoms with Crippen LogP contribution in [-0.2, 0) is 23.0 Å². The van der Waals surface area contributed by atoms with Crippen LogP contribution in [0, 0.1) is 13.8 Å². The SMILES string of the molecule is Cc1ccc(NS(=O)(=O)c2cc(C(=O)N3CCc4ccccc4C3)ccc2Cl)c(C)c1. The smallest absolute Gasteiger partial charge is 0.263 e. The highest BCUT2D eigenvalue weighted by Gasteiger charge is 2.25. The molecule has 0 aromatic heterocycles. The van der Waals surface area contributed by atoms with Gasteiger partial charge in [-0.15, -0.1) is 0 Å². The number of rotatable bonds is 4. The van der Waals surface area contributed by atoms with Crippen LogP contribution in [0.15, 0.2) is 65.6 Å². The number of amides is 1. The van der Waals surface area contributed by atoms with Crippen molar-refractivity contribution in [3.8, 4) is 0 Å². The summed E-state index contributed by atoms with van der Waals surface area (Å²) in [5, 5.41) is 0.0674. The van der Waals surface area contributed by atoms with Gasteiger partial charge in [0, 0.05) is 18.7 Å². The molecule has 0 spiro atoms. The Balaban J connectivity index is 1.61. The fraction of sp³-hybridized carbons (Fsp3) is 0.208. The summed E-state index contributed by atoms with van der Waals surface area (Å²) in [7, 11) is -3.97. The number of nitrogens with one attached hydrogen (secondary N) is 1. The Kier molecular flexibility index (Phi) is 5.77. The number of halogens is 1. The molecule has 1 heterocycles. The van der Waals surface area contributed by atoms with Gasteiger partial charge in [-0.1, -0.05) is 53.6 Å². The molecule has 0 unspecified atom stereocenters. The van der Waals surface area contributed by atoms with Crippen LogP contribution in [0.2, 0.25) is 5.02 Å². The molecule has 1 aliphatic rings. The van der Waals surface area contributed by atoms with E-state index in [1.165, 1.54) is 17.7 Å². The van der Waals surface area contributed by atoms with Crippen LogP contribution in [0.3, 0.4) is 0 Å². The fourth-order valence-corrected chi connectivity index (χ4v) is 5.48. The van der Waals surface area contributed by atoms with Gasteiger partial charge in [-0.2, -0.15) is 0 Å². The van der Waals surface area contributed by atoms with E-state index in [2.05, 4.69) is 10.8 Å². The molecule has 1 N–H and O–H groups in total. The zero-order chi connectivity index (χ0) is 22.2. The summed E-state index contributed by atoms with van der Waals surface area (Å²) in [6.45, 7) is 4.86. The zero-order valence-corrected chi connectivity index (χ0v) is 18.9. The summed E-state index contributed by atoms with van der Waals surface area (Å²) in [5.74, 6) is -0.214.